The summed E-state index contributed by atoms with van der Waals surface area (Å²) in [6.07, 6.45) is 0.830. The third-order valence-electron chi connectivity index (χ3n) is 2.17. The van der Waals surface area contributed by atoms with E-state index in [2.05, 4.69) is 0 Å². The average molecular weight is 208 g/mol. The van der Waals surface area contributed by atoms with Crippen molar-refractivity contribution in [3.63, 3.8) is 0 Å². The van der Waals surface area contributed by atoms with Crippen LogP contribution in [0.5, 0.6) is 5.75 Å². The summed E-state index contributed by atoms with van der Waals surface area (Å²) in [5.41, 5.74) is 1.59. The summed E-state index contributed by atoms with van der Waals surface area (Å²) in [6.45, 7) is 4.21. The number of ether oxygens (including phenoxy) is 2. The van der Waals surface area contributed by atoms with Gasteiger partial charge < -0.3 is 9.47 Å². The van der Waals surface area contributed by atoms with Gasteiger partial charge in [-0.25, -0.2) is 4.79 Å². The van der Waals surface area contributed by atoms with Crippen molar-refractivity contribution in [1.82, 2.24) is 0 Å². The van der Waals surface area contributed by atoms with Crippen molar-refractivity contribution >= 4 is 5.97 Å². The number of carbonyl (C=O) groups excluding carboxylic acids is 1. The van der Waals surface area contributed by atoms with Crippen LogP contribution >= 0.6 is 0 Å². The zero-order valence-electron chi connectivity index (χ0n) is 9.37. The maximum Gasteiger partial charge on any atom is 0.338 e. The molecule has 0 aliphatic rings. The molecular weight excluding hydrogens is 192 g/mol. The van der Waals surface area contributed by atoms with E-state index in [-0.39, 0.29) is 5.97 Å². The molecule has 0 aliphatic heterocycles. The van der Waals surface area contributed by atoms with Crippen molar-refractivity contribution in [2.75, 3.05) is 13.7 Å². The van der Waals surface area contributed by atoms with Crippen molar-refractivity contribution < 1.29 is 14.3 Å². The van der Waals surface area contributed by atoms with Crippen molar-refractivity contribution in [2.24, 2.45) is 0 Å². The van der Waals surface area contributed by atoms with Crippen LogP contribution in [0.3, 0.4) is 0 Å². The summed E-state index contributed by atoms with van der Waals surface area (Å²) >= 11 is 0. The number of hydrogen-bond acceptors (Lipinski definition) is 3. The summed E-state index contributed by atoms with van der Waals surface area (Å²) in [5.74, 6) is 0.528. The van der Waals surface area contributed by atoms with E-state index < -0.39 is 0 Å². The second-order valence-electron chi connectivity index (χ2n) is 3.10. The summed E-state index contributed by atoms with van der Waals surface area (Å²) in [6, 6.07) is 5.33. The molecule has 0 unspecified atom stereocenters. The Kier molecular flexibility index (Phi) is 4.16. The van der Waals surface area contributed by atoms with E-state index in [9.17, 15) is 4.79 Å². The number of methoxy groups -OCH3 is 1. The van der Waals surface area contributed by atoms with Gasteiger partial charge in [0.15, 0.2) is 0 Å². The van der Waals surface area contributed by atoms with Crippen LogP contribution in [0.15, 0.2) is 18.2 Å². The molecule has 15 heavy (non-hydrogen) atoms. The van der Waals surface area contributed by atoms with Crippen LogP contribution in [0.2, 0.25) is 0 Å². The highest BCUT2D eigenvalue weighted by Crippen LogP contribution is 2.20. The molecule has 82 valence electrons. The lowest BCUT2D eigenvalue weighted by Crippen LogP contribution is -2.05. The highest BCUT2D eigenvalue weighted by Gasteiger charge is 2.09. The molecule has 0 spiro atoms. The Bertz CT molecular complexity index is 345. The fraction of sp³-hybridized carbons (Fsp3) is 0.417. The van der Waals surface area contributed by atoms with Crippen LogP contribution in [0.1, 0.15) is 29.8 Å². The Morgan fingerprint density at radius 1 is 1.33 bits per heavy atom. The molecule has 0 radical (unpaired) electrons. The van der Waals surface area contributed by atoms with Gasteiger partial charge in [0.25, 0.3) is 0 Å². The van der Waals surface area contributed by atoms with Gasteiger partial charge in [-0.1, -0.05) is 6.92 Å². The first-order chi connectivity index (χ1) is 7.22. The molecule has 3 nitrogen and oxygen atoms in total. The molecule has 1 rings (SSSR count). The van der Waals surface area contributed by atoms with E-state index in [0.717, 1.165) is 17.7 Å². The Morgan fingerprint density at radius 3 is 2.60 bits per heavy atom. The predicted molar refractivity (Wildman–Crippen MR) is 58.3 cm³/mol. The number of carbonyl (C=O) groups is 1. The van der Waals surface area contributed by atoms with E-state index >= 15 is 0 Å². The largest absolute Gasteiger partial charge is 0.496 e. The standard InChI is InChI=1S/C12H16O3/c1-4-9-8-10(12(13)15-5-2)6-7-11(9)14-3/h6-8H,4-5H2,1-3H3. The van der Waals surface area contributed by atoms with Gasteiger partial charge in [0.2, 0.25) is 0 Å². The second-order valence-corrected chi connectivity index (χ2v) is 3.10. The topological polar surface area (TPSA) is 35.5 Å². The number of rotatable bonds is 4. The molecular formula is C12H16O3. The number of hydrogen-bond donors (Lipinski definition) is 0. The normalized spacial score (nSPS) is 9.80. The smallest absolute Gasteiger partial charge is 0.338 e. The first-order valence-corrected chi connectivity index (χ1v) is 5.07. The van der Waals surface area contributed by atoms with E-state index in [1.54, 1.807) is 26.2 Å². The van der Waals surface area contributed by atoms with Gasteiger partial charge in [0.1, 0.15) is 5.75 Å². The van der Waals surface area contributed by atoms with Crippen LogP contribution in [0.4, 0.5) is 0 Å². The van der Waals surface area contributed by atoms with Crippen molar-refractivity contribution in [1.29, 1.82) is 0 Å². The number of esters is 1. The van der Waals surface area contributed by atoms with Gasteiger partial charge in [-0.3, -0.25) is 0 Å². The third-order valence-corrected chi connectivity index (χ3v) is 2.17. The first-order valence-electron chi connectivity index (χ1n) is 5.07. The third kappa shape index (κ3) is 2.72. The summed E-state index contributed by atoms with van der Waals surface area (Å²) in [5, 5.41) is 0. The Balaban J connectivity index is 2.97. The summed E-state index contributed by atoms with van der Waals surface area (Å²) in [7, 11) is 1.62. The molecule has 0 saturated carbocycles. The molecule has 1 aromatic carbocycles. The molecule has 0 bridgehead atoms. The van der Waals surface area contributed by atoms with Crippen molar-refractivity contribution in [3.8, 4) is 5.75 Å². The van der Waals surface area contributed by atoms with E-state index in [1.807, 2.05) is 13.0 Å². The quantitative estimate of drug-likeness (QED) is 0.713. The number of aryl methyl sites for hydroxylation is 1. The lowest BCUT2D eigenvalue weighted by molar-refractivity contribution is 0.0526. The van der Waals surface area contributed by atoms with Gasteiger partial charge in [0, 0.05) is 0 Å². The highest BCUT2D eigenvalue weighted by atomic mass is 16.5. The highest BCUT2D eigenvalue weighted by molar-refractivity contribution is 5.89. The van der Waals surface area contributed by atoms with Crippen molar-refractivity contribution in [2.45, 2.75) is 20.3 Å². The second kappa shape index (κ2) is 5.39. The minimum absolute atomic E-state index is 0.283. The molecule has 0 heterocycles. The van der Waals surface area contributed by atoms with E-state index in [1.165, 1.54) is 0 Å². The molecule has 3 heteroatoms. The lowest BCUT2D eigenvalue weighted by atomic mass is 10.1. The van der Waals surface area contributed by atoms with Crippen LogP contribution in [-0.4, -0.2) is 19.7 Å². The predicted octanol–water partition coefficient (Wildman–Crippen LogP) is 2.43. The van der Waals surface area contributed by atoms with Crippen LogP contribution in [-0.2, 0) is 11.2 Å². The summed E-state index contributed by atoms with van der Waals surface area (Å²) in [4.78, 5) is 11.4. The monoisotopic (exact) mass is 208 g/mol. The number of benzene rings is 1. The zero-order valence-corrected chi connectivity index (χ0v) is 9.37. The average Bonchev–Trinajstić information content (AvgIpc) is 2.28. The lowest BCUT2D eigenvalue weighted by Gasteiger charge is -2.08. The van der Waals surface area contributed by atoms with Crippen LogP contribution in [0, 0.1) is 0 Å². The van der Waals surface area contributed by atoms with Gasteiger partial charge in [-0.2, -0.15) is 0 Å². The van der Waals surface area contributed by atoms with Gasteiger partial charge in [-0.05, 0) is 37.1 Å². The molecule has 0 saturated heterocycles. The van der Waals surface area contributed by atoms with Gasteiger partial charge in [0.05, 0.1) is 19.3 Å². The van der Waals surface area contributed by atoms with Crippen molar-refractivity contribution in [3.05, 3.63) is 29.3 Å². The SMILES string of the molecule is CCOC(=O)c1ccc(OC)c(CC)c1. The maximum absolute atomic E-state index is 11.4. The first kappa shape index (κ1) is 11.6. The fourth-order valence-corrected chi connectivity index (χ4v) is 1.40. The van der Waals surface area contributed by atoms with Crippen LogP contribution in [0.25, 0.3) is 0 Å². The van der Waals surface area contributed by atoms with Gasteiger partial charge in [-0.15, -0.1) is 0 Å². The molecule has 0 atom stereocenters. The minimum Gasteiger partial charge on any atom is -0.496 e. The molecule has 0 N–H and O–H groups in total. The molecule has 0 aliphatic carbocycles. The Hall–Kier alpha value is -1.51. The Labute approximate surface area is 90.0 Å². The molecule has 0 aromatic heterocycles. The Morgan fingerprint density at radius 2 is 2.07 bits per heavy atom. The zero-order chi connectivity index (χ0) is 11.3. The minimum atomic E-state index is -0.283. The van der Waals surface area contributed by atoms with Gasteiger partial charge >= 0.3 is 5.97 Å². The van der Waals surface area contributed by atoms with E-state index in [0.29, 0.717) is 12.2 Å². The molecule has 1 aromatic rings. The molecule has 0 fully saturated rings. The van der Waals surface area contributed by atoms with E-state index in [4.69, 9.17) is 9.47 Å². The van der Waals surface area contributed by atoms with Crippen LogP contribution < -0.4 is 4.74 Å². The summed E-state index contributed by atoms with van der Waals surface area (Å²) < 4.78 is 10.1. The fourth-order valence-electron chi connectivity index (χ4n) is 1.40. The maximum atomic E-state index is 11.4. The molecule has 0 amide bonds.